The second kappa shape index (κ2) is 9.76. The van der Waals surface area contributed by atoms with E-state index in [2.05, 4.69) is 141 Å². The Morgan fingerprint density at radius 1 is 0.613 bits per heavy atom. The maximum atomic E-state index is 2.51. The number of rotatable bonds is 7. The van der Waals surface area contributed by atoms with Crippen molar-refractivity contribution in [2.75, 3.05) is 0 Å². The Morgan fingerprint density at radius 2 is 1.03 bits per heavy atom. The molecule has 0 amide bonds. The Hall–Kier alpha value is -3.16. The van der Waals surface area contributed by atoms with E-state index in [4.69, 9.17) is 0 Å². The molecule has 0 aliphatic rings. The zero-order valence-electron chi connectivity index (χ0n) is 18.4. The van der Waals surface area contributed by atoms with Gasteiger partial charge in [0, 0.05) is 0 Å². The second-order valence-electron chi connectivity index (χ2n) is 8.22. The molecule has 4 rings (SSSR count). The molecule has 4 aromatic carbocycles. The molecule has 0 aliphatic carbocycles. The fraction of sp³-hybridized carbons (Fsp3) is 0.133. The summed E-state index contributed by atoms with van der Waals surface area (Å²) < 4.78 is 0. The van der Waals surface area contributed by atoms with Gasteiger partial charge in [-0.25, -0.2) is 0 Å². The Labute approximate surface area is 187 Å². The molecular formula is C30H30Si. The molecule has 0 heterocycles. The summed E-state index contributed by atoms with van der Waals surface area (Å²) in [5.41, 5.74) is 5.18. The van der Waals surface area contributed by atoms with Crippen LogP contribution in [0.15, 0.2) is 121 Å². The normalized spacial score (nSPS) is 12.7. The van der Waals surface area contributed by atoms with Crippen LogP contribution in [0.25, 0.3) is 6.08 Å². The van der Waals surface area contributed by atoms with Crippen molar-refractivity contribution in [3.8, 4) is 0 Å². The molecular weight excluding hydrogens is 388 g/mol. The maximum Gasteiger partial charge on any atom is 0.172 e. The average molecular weight is 419 g/mol. The topological polar surface area (TPSA) is 0 Å². The van der Waals surface area contributed by atoms with E-state index in [0.717, 1.165) is 0 Å². The summed E-state index contributed by atoms with van der Waals surface area (Å²) in [6.45, 7) is 4.54. The van der Waals surface area contributed by atoms with Crippen molar-refractivity contribution in [1.82, 2.24) is 0 Å². The minimum Gasteiger partial charge on any atom is -0.0812 e. The van der Waals surface area contributed by atoms with Crippen LogP contribution in [0.4, 0.5) is 0 Å². The van der Waals surface area contributed by atoms with E-state index in [1.165, 1.54) is 33.1 Å². The van der Waals surface area contributed by atoms with Crippen LogP contribution in [0, 0.1) is 0 Å². The number of benzene rings is 4. The number of hydrogen-bond acceptors (Lipinski definition) is 0. The van der Waals surface area contributed by atoms with Gasteiger partial charge >= 0.3 is 0 Å². The third-order valence-electron chi connectivity index (χ3n) is 6.33. The molecule has 0 fully saturated rings. The Balaban J connectivity index is 1.87. The Kier molecular flexibility index (Phi) is 6.64. The van der Waals surface area contributed by atoms with Crippen LogP contribution >= 0.6 is 0 Å². The molecule has 0 N–H and O–H groups in total. The van der Waals surface area contributed by atoms with E-state index in [0.29, 0.717) is 5.92 Å². The minimum atomic E-state index is -2.33. The van der Waals surface area contributed by atoms with Crippen LogP contribution in [-0.2, 0) is 0 Å². The predicted molar refractivity (Wildman–Crippen MR) is 138 cm³/mol. The van der Waals surface area contributed by atoms with Crippen LogP contribution in [0.5, 0.6) is 0 Å². The molecule has 0 saturated heterocycles. The lowest BCUT2D eigenvalue weighted by molar-refractivity contribution is 0.733. The quantitative estimate of drug-likeness (QED) is 0.258. The van der Waals surface area contributed by atoms with Gasteiger partial charge in [-0.05, 0) is 39.0 Å². The van der Waals surface area contributed by atoms with Gasteiger partial charge in [0.15, 0.2) is 8.07 Å². The lowest BCUT2D eigenvalue weighted by Gasteiger charge is -2.30. The molecule has 4 aromatic rings. The standard InChI is InChI=1S/C30H30Si/c1-3-25(2)27-21-19-26(20-22-27)23-24-31(28-13-7-4-8-14-28,29-15-9-5-10-16-29)30-17-11-6-12-18-30/h4-25H,3H2,1-2H3. The Morgan fingerprint density at radius 3 is 1.42 bits per heavy atom. The summed E-state index contributed by atoms with van der Waals surface area (Å²) in [6.07, 6.45) is 3.50. The van der Waals surface area contributed by atoms with Gasteiger partial charge in [-0.2, -0.15) is 0 Å². The molecule has 0 spiro atoms. The first-order valence-corrected chi connectivity index (χ1v) is 13.3. The number of hydrogen-bond donors (Lipinski definition) is 0. The fourth-order valence-electron chi connectivity index (χ4n) is 4.28. The summed E-state index contributed by atoms with van der Waals surface area (Å²) in [4.78, 5) is 0. The second-order valence-corrected chi connectivity index (χ2v) is 11.9. The minimum absolute atomic E-state index is 0.601. The van der Waals surface area contributed by atoms with Gasteiger partial charge in [0.1, 0.15) is 0 Å². The molecule has 1 atom stereocenters. The predicted octanol–water partition coefficient (Wildman–Crippen LogP) is 5.92. The summed E-state index contributed by atoms with van der Waals surface area (Å²) >= 11 is 0. The van der Waals surface area contributed by atoms with E-state index in [1.54, 1.807) is 0 Å². The first-order chi connectivity index (χ1) is 15.2. The highest BCUT2D eigenvalue weighted by atomic mass is 28.3. The van der Waals surface area contributed by atoms with Crippen molar-refractivity contribution in [3.63, 3.8) is 0 Å². The van der Waals surface area contributed by atoms with Crippen LogP contribution in [0.3, 0.4) is 0 Å². The van der Waals surface area contributed by atoms with E-state index in [-0.39, 0.29) is 0 Å². The molecule has 0 saturated carbocycles. The average Bonchev–Trinajstić information content (AvgIpc) is 2.86. The molecule has 31 heavy (non-hydrogen) atoms. The molecule has 0 bridgehead atoms. The third-order valence-corrected chi connectivity index (χ3v) is 10.7. The lowest BCUT2D eigenvalue weighted by Crippen LogP contribution is -2.66. The largest absolute Gasteiger partial charge is 0.172 e. The van der Waals surface area contributed by atoms with Crippen LogP contribution in [0.2, 0.25) is 0 Å². The first kappa shape index (κ1) is 21.1. The fourth-order valence-corrected chi connectivity index (χ4v) is 8.46. The van der Waals surface area contributed by atoms with Crippen molar-refractivity contribution in [2.24, 2.45) is 0 Å². The van der Waals surface area contributed by atoms with Gasteiger partial charge in [0.05, 0.1) is 0 Å². The van der Waals surface area contributed by atoms with Gasteiger partial charge in [-0.1, -0.05) is 141 Å². The SMILES string of the molecule is CCC(C)c1ccc(C=C[Si](c2ccccc2)(c2ccccc2)c2ccccc2)cc1. The van der Waals surface area contributed by atoms with E-state index >= 15 is 0 Å². The van der Waals surface area contributed by atoms with Crippen LogP contribution < -0.4 is 15.6 Å². The molecule has 1 unspecified atom stereocenters. The molecule has 1 heteroatoms. The Bertz CT molecular complexity index is 1000. The highest BCUT2D eigenvalue weighted by molar-refractivity contribution is 7.15. The van der Waals surface area contributed by atoms with Crippen LogP contribution in [0.1, 0.15) is 37.3 Å². The highest BCUT2D eigenvalue weighted by Gasteiger charge is 2.36. The van der Waals surface area contributed by atoms with E-state index < -0.39 is 8.07 Å². The lowest BCUT2D eigenvalue weighted by atomic mass is 9.98. The summed E-state index contributed by atoms with van der Waals surface area (Å²) in [6, 6.07) is 42.2. The van der Waals surface area contributed by atoms with Crippen molar-refractivity contribution in [3.05, 3.63) is 132 Å². The molecule has 0 nitrogen and oxygen atoms in total. The first-order valence-electron chi connectivity index (χ1n) is 11.2. The van der Waals surface area contributed by atoms with E-state index in [1.807, 2.05) is 0 Å². The summed E-state index contributed by atoms with van der Waals surface area (Å²) in [7, 11) is -2.33. The highest BCUT2D eigenvalue weighted by Crippen LogP contribution is 2.20. The molecule has 0 aliphatic heterocycles. The van der Waals surface area contributed by atoms with Crippen molar-refractivity contribution in [2.45, 2.75) is 26.2 Å². The van der Waals surface area contributed by atoms with Gasteiger partial charge in [-0.3, -0.25) is 0 Å². The van der Waals surface area contributed by atoms with Crippen molar-refractivity contribution < 1.29 is 0 Å². The zero-order valence-corrected chi connectivity index (χ0v) is 19.4. The zero-order chi connectivity index (χ0) is 21.5. The van der Waals surface area contributed by atoms with Crippen molar-refractivity contribution >= 4 is 29.7 Å². The maximum absolute atomic E-state index is 2.51. The summed E-state index contributed by atoms with van der Waals surface area (Å²) in [5, 5.41) is 4.21. The summed E-state index contributed by atoms with van der Waals surface area (Å²) in [5.74, 6) is 0.601. The van der Waals surface area contributed by atoms with Gasteiger partial charge < -0.3 is 0 Å². The smallest absolute Gasteiger partial charge is 0.0812 e. The molecule has 0 aromatic heterocycles. The van der Waals surface area contributed by atoms with Gasteiger partial charge in [0.2, 0.25) is 0 Å². The van der Waals surface area contributed by atoms with Crippen molar-refractivity contribution in [1.29, 1.82) is 0 Å². The van der Waals surface area contributed by atoms with Gasteiger partial charge in [0.25, 0.3) is 0 Å². The molecule has 154 valence electrons. The third kappa shape index (κ3) is 4.47. The van der Waals surface area contributed by atoms with E-state index in [9.17, 15) is 0 Å². The van der Waals surface area contributed by atoms with Crippen LogP contribution in [-0.4, -0.2) is 8.07 Å². The van der Waals surface area contributed by atoms with Gasteiger partial charge in [-0.15, -0.1) is 0 Å². The molecule has 0 radical (unpaired) electrons. The monoisotopic (exact) mass is 418 g/mol.